The predicted molar refractivity (Wildman–Crippen MR) is 78.7 cm³/mol. The Morgan fingerprint density at radius 3 is 2.95 bits per heavy atom. The van der Waals surface area contributed by atoms with E-state index in [1.54, 1.807) is 6.20 Å². The number of carbonyl (C=O) groups excluding carboxylic acids is 1. The van der Waals surface area contributed by atoms with Crippen molar-refractivity contribution in [3.63, 3.8) is 0 Å². The number of carbonyl (C=O) groups is 1. The first kappa shape index (κ1) is 14.7. The van der Waals surface area contributed by atoms with Crippen LogP contribution in [0.4, 0.5) is 4.39 Å². The highest BCUT2D eigenvalue weighted by Gasteiger charge is 2.27. The quantitative estimate of drug-likeness (QED) is 0.882. The minimum absolute atomic E-state index is 0.226. The molecule has 6 heteroatoms. The number of nitrogens with zero attached hydrogens (tertiary/aromatic N) is 2. The first-order chi connectivity index (χ1) is 10.7. The van der Waals surface area contributed by atoms with Gasteiger partial charge in [0.05, 0.1) is 13.3 Å². The van der Waals surface area contributed by atoms with Crippen LogP contribution in [0, 0.1) is 5.82 Å². The molecule has 1 saturated heterocycles. The molecule has 1 fully saturated rings. The molecule has 0 bridgehead atoms. The second kappa shape index (κ2) is 6.27. The lowest BCUT2D eigenvalue weighted by Crippen LogP contribution is -2.23. The molecule has 0 saturated carbocycles. The van der Waals surface area contributed by atoms with Gasteiger partial charge in [-0.1, -0.05) is 12.1 Å². The van der Waals surface area contributed by atoms with Crippen molar-refractivity contribution >= 4 is 5.97 Å². The van der Waals surface area contributed by atoms with Crippen molar-refractivity contribution in [2.75, 3.05) is 13.7 Å². The van der Waals surface area contributed by atoms with E-state index in [1.165, 1.54) is 19.2 Å². The monoisotopic (exact) mass is 303 g/mol. The van der Waals surface area contributed by atoms with Crippen LogP contribution < -0.4 is 0 Å². The number of aromatic amines is 1. The largest absolute Gasteiger partial charge is 0.464 e. The maximum absolute atomic E-state index is 13.1. The summed E-state index contributed by atoms with van der Waals surface area (Å²) in [6, 6.07) is 6.87. The number of likely N-dealkylation sites (tertiary alicyclic amines) is 1. The van der Waals surface area contributed by atoms with E-state index in [0.29, 0.717) is 12.2 Å². The number of H-pyrrole nitrogens is 1. The SMILES string of the molecule is COC(=O)c1[nH]ncc1CN1CCC[C@H]1c1ccc(F)cc1. The molecule has 0 amide bonds. The van der Waals surface area contributed by atoms with Crippen molar-refractivity contribution in [1.82, 2.24) is 15.1 Å². The zero-order valence-corrected chi connectivity index (χ0v) is 12.4. The van der Waals surface area contributed by atoms with Crippen molar-refractivity contribution in [2.24, 2.45) is 0 Å². The van der Waals surface area contributed by atoms with Crippen molar-refractivity contribution in [2.45, 2.75) is 25.4 Å². The topological polar surface area (TPSA) is 58.2 Å². The fourth-order valence-electron chi connectivity index (χ4n) is 3.01. The maximum Gasteiger partial charge on any atom is 0.356 e. The molecule has 116 valence electrons. The number of methoxy groups -OCH3 is 1. The second-order valence-corrected chi connectivity index (χ2v) is 5.44. The van der Waals surface area contributed by atoms with Crippen LogP contribution in [0.15, 0.2) is 30.5 Å². The summed E-state index contributed by atoms with van der Waals surface area (Å²) < 4.78 is 17.8. The molecule has 1 aliphatic rings. The molecule has 1 atom stereocenters. The smallest absolute Gasteiger partial charge is 0.356 e. The van der Waals surface area contributed by atoms with Gasteiger partial charge in [0.25, 0.3) is 0 Å². The van der Waals surface area contributed by atoms with Crippen molar-refractivity contribution < 1.29 is 13.9 Å². The van der Waals surface area contributed by atoms with Crippen molar-refractivity contribution in [3.05, 3.63) is 53.1 Å². The highest BCUT2D eigenvalue weighted by Crippen LogP contribution is 2.33. The first-order valence-electron chi connectivity index (χ1n) is 7.29. The Hall–Kier alpha value is -2.21. The van der Waals surface area contributed by atoms with Crippen LogP contribution in [0.25, 0.3) is 0 Å². The number of esters is 1. The number of benzene rings is 1. The van der Waals surface area contributed by atoms with Gasteiger partial charge in [0.2, 0.25) is 0 Å². The van der Waals surface area contributed by atoms with Crippen LogP contribution in [0.1, 0.15) is 40.5 Å². The van der Waals surface area contributed by atoms with Gasteiger partial charge < -0.3 is 4.74 Å². The van der Waals surface area contributed by atoms with Gasteiger partial charge in [-0.15, -0.1) is 0 Å². The number of hydrogen-bond acceptors (Lipinski definition) is 4. The molecule has 22 heavy (non-hydrogen) atoms. The number of halogens is 1. The number of ether oxygens (including phenoxy) is 1. The molecule has 1 aromatic heterocycles. The first-order valence-corrected chi connectivity index (χ1v) is 7.29. The average Bonchev–Trinajstić information content (AvgIpc) is 3.17. The van der Waals surface area contributed by atoms with Gasteiger partial charge in [0, 0.05) is 18.2 Å². The summed E-state index contributed by atoms with van der Waals surface area (Å²) in [6.45, 7) is 1.55. The van der Waals surface area contributed by atoms with Crippen LogP contribution in [-0.2, 0) is 11.3 Å². The van der Waals surface area contributed by atoms with E-state index in [4.69, 9.17) is 4.74 Å². The van der Waals surface area contributed by atoms with Crippen LogP contribution >= 0.6 is 0 Å². The van der Waals surface area contributed by atoms with E-state index < -0.39 is 5.97 Å². The molecule has 3 rings (SSSR count). The fraction of sp³-hybridized carbons (Fsp3) is 0.375. The molecular weight excluding hydrogens is 285 g/mol. The Bertz CT molecular complexity index is 654. The van der Waals surface area contributed by atoms with Crippen LogP contribution in [0.5, 0.6) is 0 Å². The van der Waals surface area contributed by atoms with Gasteiger partial charge in [-0.05, 0) is 37.1 Å². The predicted octanol–water partition coefficient (Wildman–Crippen LogP) is 2.67. The van der Waals surface area contributed by atoms with Gasteiger partial charge in [0.15, 0.2) is 0 Å². The lowest BCUT2D eigenvalue weighted by atomic mass is 10.0. The third kappa shape index (κ3) is 2.87. The van der Waals surface area contributed by atoms with Gasteiger partial charge in [0.1, 0.15) is 11.5 Å². The van der Waals surface area contributed by atoms with Crippen molar-refractivity contribution in [3.8, 4) is 0 Å². The molecule has 2 aromatic rings. The molecule has 1 N–H and O–H groups in total. The zero-order valence-electron chi connectivity index (χ0n) is 12.4. The summed E-state index contributed by atoms with van der Waals surface area (Å²) in [4.78, 5) is 14.0. The molecule has 1 aromatic carbocycles. The fourth-order valence-corrected chi connectivity index (χ4v) is 3.01. The molecular formula is C16H18FN3O2. The number of nitrogens with one attached hydrogen (secondary N) is 1. The van der Waals surface area contributed by atoms with E-state index >= 15 is 0 Å². The molecule has 0 radical (unpaired) electrons. The third-order valence-electron chi connectivity index (χ3n) is 4.10. The zero-order chi connectivity index (χ0) is 15.5. The van der Waals surface area contributed by atoms with E-state index in [1.807, 2.05) is 12.1 Å². The third-order valence-corrected chi connectivity index (χ3v) is 4.10. The summed E-state index contributed by atoms with van der Waals surface area (Å²) in [5, 5.41) is 6.63. The second-order valence-electron chi connectivity index (χ2n) is 5.44. The Labute approximate surface area is 128 Å². The Kier molecular flexibility index (Phi) is 4.20. The summed E-state index contributed by atoms with van der Waals surface area (Å²) in [6.07, 6.45) is 3.76. The molecule has 0 aliphatic carbocycles. The summed E-state index contributed by atoms with van der Waals surface area (Å²) in [5.74, 6) is -0.638. The summed E-state index contributed by atoms with van der Waals surface area (Å²) in [5.41, 5.74) is 2.31. The molecule has 0 unspecified atom stereocenters. The molecule has 1 aliphatic heterocycles. The Morgan fingerprint density at radius 2 is 2.23 bits per heavy atom. The molecule has 2 heterocycles. The van der Waals surface area contributed by atoms with Gasteiger partial charge in [-0.2, -0.15) is 5.10 Å². The molecule has 0 spiro atoms. The summed E-state index contributed by atoms with van der Waals surface area (Å²) in [7, 11) is 1.35. The maximum atomic E-state index is 13.1. The van der Waals surface area contributed by atoms with Gasteiger partial charge in [-0.25, -0.2) is 9.18 Å². The number of rotatable bonds is 4. The number of hydrogen-bond donors (Lipinski definition) is 1. The lowest BCUT2D eigenvalue weighted by molar-refractivity contribution is 0.0591. The lowest BCUT2D eigenvalue weighted by Gasteiger charge is -2.24. The van der Waals surface area contributed by atoms with Gasteiger partial charge in [-0.3, -0.25) is 10.00 Å². The van der Waals surface area contributed by atoms with E-state index in [9.17, 15) is 9.18 Å². The average molecular weight is 303 g/mol. The van der Waals surface area contributed by atoms with Crippen LogP contribution in [0.2, 0.25) is 0 Å². The highest BCUT2D eigenvalue weighted by atomic mass is 19.1. The van der Waals surface area contributed by atoms with E-state index in [-0.39, 0.29) is 11.9 Å². The Balaban J connectivity index is 1.78. The Morgan fingerprint density at radius 1 is 1.45 bits per heavy atom. The number of aromatic nitrogens is 2. The minimum atomic E-state index is -0.412. The standard InChI is InChI=1S/C16H18FN3O2/c1-22-16(21)15-12(9-18-19-15)10-20-8-2-3-14(20)11-4-6-13(17)7-5-11/h4-7,9,14H,2-3,8,10H2,1H3,(H,18,19)/t14-/m0/s1. The van der Waals surface area contributed by atoms with Crippen molar-refractivity contribution in [1.29, 1.82) is 0 Å². The molecule has 5 nitrogen and oxygen atoms in total. The van der Waals surface area contributed by atoms with E-state index in [2.05, 4.69) is 15.1 Å². The van der Waals surface area contributed by atoms with Crippen LogP contribution in [-0.4, -0.2) is 34.7 Å². The van der Waals surface area contributed by atoms with Crippen LogP contribution in [0.3, 0.4) is 0 Å². The van der Waals surface area contributed by atoms with E-state index in [0.717, 1.165) is 30.5 Å². The minimum Gasteiger partial charge on any atom is -0.464 e. The summed E-state index contributed by atoms with van der Waals surface area (Å²) >= 11 is 0. The highest BCUT2D eigenvalue weighted by molar-refractivity contribution is 5.88. The van der Waals surface area contributed by atoms with Gasteiger partial charge >= 0.3 is 5.97 Å². The normalized spacial score (nSPS) is 18.5.